The van der Waals surface area contributed by atoms with Gasteiger partial charge in [0.05, 0.1) is 7.11 Å². The molecule has 0 bridgehead atoms. The summed E-state index contributed by atoms with van der Waals surface area (Å²) in [4.78, 5) is 22.0. The molecular formula is C11H13BrN2O4. The molecule has 0 heterocycles. The van der Waals surface area contributed by atoms with Gasteiger partial charge in [0.25, 0.3) is 5.91 Å². The number of benzene rings is 1. The van der Waals surface area contributed by atoms with Gasteiger partial charge >= 0.3 is 6.09 Å². The average Bonchev–Trinajstić information content (AvgIpc) is 2.34. The molecule has 98 valence electrons. The first kappa shape index (κ1) is 14.3. The molecule has 0 saturated carbocycles. The SMILES string of the molecule is COC(=O)NNC(=O)COc1ccc(Br)cc1C. The molecule has 0 unspecified atom stereocenters. The highest BCUT2D eigenvalue weighted by atomic mass is 79.9. The molecule has 1 aromatic carbocycles. The van der Waals surface area contributed by atoms with E-state index in [0.29, 0.717) is 5.75 Å². The normalized spacial score (nSPS) is 9.50. The molecular weight excluding hydrogens is 304 g/mol. The zero-order valence-corrected chi connectivity index (χ0v) is 11.5. The van der Waals surface area contributed by atoms with Crippen LogP contribution in [-0.2, 0) is 9.53 Å². The minimum atomic E-state index is -0.747. The molecule has 0 atom stereocenters. The second-order valence-electron chi connectivity index (χ2n) is 3.36. The number of rotatable bonds is 3. The van der Waals surface area contributed by atoms with Gasteiger partial charge in [-0.25, -0.2) is 10.2 Å². The molecule has 6 nitrogen and oxygen atoms in total. The molecule has 7 heteroatoms. The van der Waals surface area contributed by atoms with Crippen LogP contribution in [0.1, 0.15) is 5.56 Å². The van der Waals surface area contributed by atoms with Crippen molar-refractivity contribution in [2.75, 3.05) is 13.7 Å². The minimum Gasteiger partial charge on any atom is -0.483 e. The Bertz CT molecular complexity index is 451. The van der Waals surface area contributed by atoms with Crippen LogP contribution in [0.25, 0.3) is 0 Å². The number of hydrazine groups is 1. The number of carbonyl (C=O) groups is 2. The molecule has 18 heavy (non-hydrogen) atoms. The largest absolute Gasteiger partial charge is 0.483 e. The number of nitrogens with one attached hydrogen (secondary N) is 2. The number of hydrogen-bond donors (Lipinski definition) is 2. The Kier molecular flexibility index (Phi) is 5.44. The fraction of sp³-hybridized carbons (Fsp3) is 0.273. The quantitative estimate of drug-likeness (QED) is 0.829. The highest BCUT2D eigenvalue weighted by Gasteiger charge is 2.06. The van der Waals surface area contributed by atoms with Gasteiger partial charge in [-0.2, -0.15) is 0 Å². The van der Waals surface area contributed by atoms with Gasteiger partial charge in [0.2, 0.25) is 0 Å². The fourth-order valence-corrected chi connectivity index (χ4v) is 1.60. The van der Waals surface area contributed by atoms with E-state index in [2.05, 4.69) is 26.1 Å². The van der Waals surface area contributed by atoms with E-state index >= 15 is 0 Å². The van der Waals surface area contributed by atoms with Crippen LogP contribution in [0.5, 0.6) is 5.75 Å². The molecule has 1 rings (SSSR count). The Morgan fingerprint density at radius 3 is 2.67 bits per heavy atom. The maximum atomic E-state index is 11.3. The van der Waals surface area contributed by atoms with Gasteiger partial charge in [-0.3, -0.25) is 10.2 Å². The van der Waals surface area contributed by atoms with Crippen LogP contribution >= 0.6 is 15.9 Å². The third-order valence-electron chi connectivity index (χ3n) is 1.99. The first-order valence-electron chi connectivity index (χ1n) is 5.04. The summed E-state index contributed by atoms with van der Waals surface area (Å²) in [7, 11) is 1.20. The number of ether oxygens (including phenoxy) is 2. The van der Waals surface area contributed by atoms with Crippen molar-refractivity contribution in [3.8, 4) is 5.75 Å². The van der Waals surface area contributed by atoms with Crippen molar-refractivity contribution in [1.82, 2.24) is 10.9 Å². The van der Waals surface area contributed by atoms with Crippen molar-refractivity contribution in [2.45, 2.75) is 6.92 Å². The number of methoxy groups -OCH3 is 1. The fourth-order valence-electron chi connectivity index (χ4n) is 1.13. The van der Waals surface area contributed by atoms with Crippen molar-refractivity contribution in [2.24, 2.45) is 0 Å². The van der Waals surface area contributed by atoms with E-state index in [9.17, 15) is 9.59 Å². The Morgan fingerprint density at radius 1 is 1.33 bits per heavy atom. The van der Waals surface area contributed by atoms with Crippen LogP contribution < -0.4 is 15.6 Å². The summed E-state index contributed by atoms with van der Waals surface area (Å²) in [6.45, 7) is 1.66. The molecule has 2 amide bonds. The molecule has 0 saturated heterocycles. The molecule has 0 aliphatic rings. The lowest BCUT2D eigenvalue weighted by Gasteiger charge is -2.10. The Balaban J connectivity index is 2.40. The van der Waals surface area contributed by atoms with Gasteiger partial charge in [0.15, 0.2) is 6.61 Å². The van der Waals surface area contributed by atoms with Crippen molar-refractivity contribution in [3.05, 3.63) is 28.2 Å². The van der Waals surface area contributed by atoms with Crippen LogP contribution in [0.15, 0.2) is 22.7 Å². The monoisotopic (exact) mass is 316 g/mol. The molecule has 1 aromatic rings. The van der Waals surface area contributed by atoms with Crippen LogP contribution in [0.4, 0.5) is 4.79 Å². The molecule has 0 aliphatic heterocycles. The number of carbonyl (C=O) groups excluding carboxylic acids is 2. The van der Waals surface area contributed by atoms with Gasteiger partial charge in [-0.15, -0.1) is 0 Å². The zero-order valence-electron chi connectivity index (χ0n) is 9.95. The Morgan fingerprint density at radius 2 is 2.06 bits per heavy atom. The first-order valence-corrected chi connectivity index (χ1v) is 5.84. The molecule has 0 aromatic heterocycles. The van der Waals surface area contributed by atoms with E-state index in [1.54, 1.807) is 6.07 Å². The molecule has 2 N–H and O–H groups in total. The number of amides is 2. The summed E-state index contributed by atoms with van der Waals surface area (Å²) in [6.07, 6.45) is -0.747. The Hall–Kier alpha value is -1.76. The molecule has 0 spiro atoms. The minimum absolute atomic E-state index is 0.202. The van der Waals surface area contributed by atoms with Crippen molar-refractivity contribution < 1.29 is 19.1 Å². The molecule has 0 radical (unpaired) electrons. The first-order chi connectivity index (χ1) is 8.52. The summed E-state index contributed by atoms with van der Waals surface area (Å²) >= 11 is 3.33. The van der Waals surface area contributed by atoms with E-state index in [4.69, 9.17) is 4.74 Å². The summed E-state index contributed by atoms with van der Waals surface area (Å²) in [5, 5.41) is 0. The topological polar surface area (TPSA) is 76.7 Å². The van der Waals surface area contributed by atoms with Crippen LogP contribution in [0.3, 0.4) is 0 Å². The van der Waals surface area contributed by atoms with Crippen molar-refractivity contribution in [1.29, 1.82) is 0 Å². The summed E-state index contributed by atoms with van der Waals surface area (Å²) in [5.41, 5.74) is 5.08. The van der Waals surface area contributed by atoms with E-state index in [0.717, 1.165) is 10.0 Å². The highest BCUT2D eigenvalue weighted by Crippen LogP contribution is 2.21. The second kappa shape index (κ2) is 6.85. The van der Waals surface area contributed by atoms with Gasteiger partial charge in [-0.05, 0) is 30.7 Å². The lowest BCUT2D eigenvalue weighted by atomic mass is 10.2. The van der Waals surface area contributed by atoms with Gasteiger partial charge < -0.3 is 9.47 Å². The molecule has 0 aliphatic carbocycles. The standard InChI is InChI=1S/C11H13BrN2O4/c1-7-5-8(12)3-4-9(7)18-6-10(15)13-14-11(16)17-2/h3-5H,6H2,1-2H3,(H,13,15)(H,14,16). The average molecular weight is 317 g/mol. The third kappa shape index (κ3) is 4.62. The lowest BCUT2D eigenvalue weighted by molar-refractivity contribution is -0.123. The van der Waals surface area contributed by atoms with Gasteiger partial charge in [0.1, 0.15) is 5.75 Å². The van der Waals surface area contributed by atoms with Crippen LogP contribution in [0, 0.1) is 6.92 Å². The van der Waals surface area contributed by atoms with Gasteiger partial charge in [-0.1, -0.05) is 15.9 Å². The van der Waals surface area contributed by atoms with E-state index in [1.165, 1.54) is 7.11 Å². The molecule has 0 fully saturated rings. The number of halogens is 1. The van der Waals surface area contributed by atoms with Gasteiger partial charge in [0, 0.05) is 4.47 Å². The summed E-state index contributed by atoms with van der Waals surface area (Å²) in [5.74, 6) is 0.120. The van der Waals surface area contributed by atoms with Crippen molar-refractivity contribution in [3.63, 3.8) is 0 Å². The zero-order chi connectivity index (χ0) is 13.5. The van der Waals surface area contributed by atoms with Crippen molar-refractivity contribution >= 4 is 27.9 Å². The Labute approximate surface area is 113 Å². The van der Waals surface area contributed by atoms with E-state index < -0.39 is 12.0 Å². The predicted octanol–water partition coefficient (Wildman–Crippen LogP) is 1.52. The van der Waals surface area contributed by atoms with E-state index in [-0.39, 0.29) is 6.61 Å². The maximum Gasteiger partial charge on any atom is 0.425 e. The van der Waals surface area contributed by atoms with E-state index in [1.807, 2.05) is 24.5 Å². The maximum absolute atomic E-state index is 11.3. The van der Waals surface area contributed by atoms with Crippen LogP contribution in [-0.4, -0.2) is 25.7 Å². The highest BCUT2D eigenvalue weighted by molar-refractivity contribution is 9.10. The second-order valence-corrected chi connectivity index (χ2v) is 4.28. The predicted molar refractivity (Wildman–Crippen MR) is 68.1 cm³/mol. The summed E-state index contributed by atoms with van der Waals surface area (Å²) < 4.78 is 10.5. The summed E-state index contributed by atoms with van der Waals surface area (Å²) in [6, 6.07) is 5.44. The number of aryl methyl sites for hydroxylation is 1. The lowest BCUT2D eigenvalue weighted by Crippen LogP contribution is -2.43. The smallest absolute Gasteiger partial charge is 0.425 e. The third-order valence-corrected chi connectivity index (χ3v) is 2.48. The number of hydrogen-bond acceptors (Lipinski definition) is 4. The van der Waals surface area contributed by atoms with Crippen LogP contribution in [0.2, 0.25) is 0 Å².